The summed E-state index contributed by atoms with van der Waals surface area (Å²) < 4.78 is 5.28. The average Bonchev–Trinajstić information content (AvgIpc) is 3.03. The van der Waals surface area contributed by atoms with Gasteiger partial charge in [-0.15, -0.1) is 0 Å². The number of nitrogens with zero attached hydrogens (tertiary/aromatic N) is 3. The van der Waals surface area contributed by atoms with Gasteiger partial charge in [-0.1, -0.05) is 30.7 Å². The van der Waals surface area contributed by atoms with Gasteiger partial charge < -0.3 is 4.74 Å². The van der Waals surface area contributed by atoms with E-state index in [1.54, 1.807) is 60.7 Å². The van der Waals surface area contributed by atoms with Crippen LogP contribution in [-0.2, 0) is 4.79 Å². The largest absolute Gasteiger partial charge is 0.427 e. The summed E-state index contributed by atoms with van der Waals surface area (Å²) in [7, 11) is 0. The third-order valence-corrected chi connectivity index (χ3v) is 4.80. The van der Waals surface area contributed by atoms with Crippen LogP contribution >= 0.6 is 0 Å². The van der Waals surface area contributed by atoms with Crippen molar-refractivity contribution in [2.24, 2.45) is 0 Å². The lowest BCUT2D eigenvalue weighted by Gasteiger charge is -2.13. The molecule has 1 aliphatic rings. The summed E-state index contributed by atoms with van der Waals surface area (Å²) in [5, 5.41) is 17.5. The highest BCUT2D eigenvalue weighted by molar-refractivity contribution is 6.21. The van der Waals surface area contributed by atoms with Gasteiger partial charge in [-0.25, -0.2) is 0 Å². The van der Waals surface area contributed by atoms with Gasteiger partial charge in [0.25, 0.3) is 11.8 Å². The summed E-state index contributed by atoms with van der Waals surface area (Å²) in [5.74, 6) is -0.535. The summed E-state index contributed by atoms with van der Waals surface area (Å²) in [5.41, 5.74) is 1.53. The molecule has 2 amide bonds. The number of carbonyl (C=O) groups is 3. The zero-order valence-corrected chi connectivity index (χ0v) is 16.7. The number of nitriles is 2. The zero-order chi connectivity index (χ0) is 22.2. The van der Waals surface area contributed by atoms with E-state index in [4.69, 9.17) is 15.3 Å². The molecule has 0 saturated heterocycles. The number of rotatable bonds is 8. The fourth-order valence-corrected chi connectivity index (χ4v) is 3.23. The summed E-state index contributed by atoms with van der Waals surface area (Å²) in [4.78, 5) is 37.8. The fourth-order valence-electron chi connectivity index (χ4n) is 3.23. The molecule has 3 rings (SSSR count). The quantitative estimate of drug-likeness (QED) is 0.213. The molecule has 1 aliphatic heterocycles. The Bertz CT molecular complexity index is 1070. The minimum Gasteiger partial charge on any atom is -0.427 e. The molecule has 0 saturated carbocycles. The van der Waals surface area contributed by atoms with Gasteiger partial charge in [0.15, 0.2) is 0 Å². The number of fused-ring (bicyclic) bond motifs is 1. The van der Waals surface area contributed by atoms with E-state index in [-0.39, 0.29) is 29.8 Å². The molecule has 0 unspecified atom stereocenters. The zero-order valence-electron chi connectivity index (χ0n) is 16.7. The van der Waals surface area contributed by atoms with Crippen LogP contribution in [0, 0.1) is 22.7 Å². The monoisotopic (exact) mass is 413 g/mol. The predicted octanol–water partition coefficient (Wildman–Crippen LogP) is 3.88. The maximum Gasteiger partial charge on any atom is 0.311 e. The number of unbranched alkanes of at least 4 members (excludes halogenated alkanes) is 2. The lowest BCUT2D eigenvalue weighted by Crippen LogP contribution is -2.30. The Morgan fingerprint density at radius 2 is 1.52 bits per heavy atom. The van der Waals surface area contributed by atoms with E-state index in [9.17, 15) is 14.4 Å². The third kappa shape index (κ3) is 5.23. The van der Waals surface area contributed by atoms with E-state index in [0.717, 1.165) is 0 Å². The van der Waals surface area contributed by atoms with Gasteiger partial charge in [0.1, 0.15) is 23.5 Å². The van der Waals surface area contributed by atoms with Gasteiger partial charge in [-0.3, -0.25) is 19.3 Å². The molecule has 0 atom stereocenters. The van der Waals surface area contributed by atoms with E-state index in [1.165, 1.54) is 11.0 Å². The topological polar surface area (TPSA) is 111 Å². The van der Waals surface area contributed by atoms with Crippen molar-refractivity contribution in [1.29, 1.82) is 10.5 Å². The second kappa shape index (κ2) is 10.00. The molecule has 7 heteroatoms. The smallest absolute Gasteiger partial charge is 0.311 e. The van der Waals surface area contributed by atoms with Crippen LogP contribution in [0.15, 0.2) is 54.1 Å². The Morgan fingerprint density at radius 1 is 0.903 bits per heavy atom. The number of carbonyl (C=O) groups excluding carboxylic acids is 3. The van der Waals surface area contributed by atoms with E-state index >= 15 is 0 Å². The lowest BCUT2D eigenvalue weighted by molar-refractivity contribution is -0.134. The van der Waals surface area contributed by atoms with Crippen LogP contribution in [-0.4, -0.2) is 29.2 Å². The van der Waals surface area contributed by atoms with Gasteiger partial charge >= 0.3 is 5.97 Å². The maximum atomic E-state index is 12.3. The van der Waals surface area contributed by atoms with Crippen molar-refractivity contribution in [3.05, 3.63) is 70.8 Å². The van der Waals surface area contributed by atoms with E-state index in [2.05, 4.69) is 0 Å². The standard InChI is InChI=1S/C24H19N3O4/c25-15-18(16-26)14-17-9-11-19(12-10-17)31-22(28)8-2-1-5-13-27-23(29)20-6-3-4-7-21(20)24(27)30/h3-4,6-7,9-12,14H,1-2,5,8,13H2. The SMILES string of the molecule is N#CC(C#N)=Cc1ccc(OC(=O)CCCCCN2C(=O)c3ccccc3C2=O)cc1. The Morgan fingerprint density at radius 3 is 2.10 bits per heavy atom. The molecule has 7 nitrogen and oxygen atoms in total. The molecule has 154 valence electrons. The van der Waals surface area contributed by atoms with Crippen molar-refractivity contribution >= 4 is 23.9 Å². The number of imide groups is 1. The minimum atomic E-state index is -0.376. The third-order valence-electron chi connectivity index (χ3n) is 4.80. The van der Waals surface area contributed by atoms with E-state index < -0.39 is 0 Å². The number of amides is 2. The molecule has 0 spiro atoms. The van der Waals surface area contributed by atoms with Crippen LogP contribution in [0.3, 0.4) is 0 Å². The van der Waals surface area contributed by atoms with Crippen molar-refractivity contribution in [1.82, 2.24) is 4.90 Å². The van der Waals surface area contributed by atoms with Crippen LogP contribution < -0.4 is 4.74 Å². The lowest BCUT2D eigenvalue weighted by atomic mass is 10.1. The summed E-state index contributed by atoms with van der Waals surface area (Å²) in [6, 6.07) is 16.8. The number of allylic oxidation sites excluding steroid dienone is 1. The first kappa shape index (κ1) is 21.5. The molecule has 0 aliphatic carbocycles. The summed E-state index contributed by atoms with van der Waals surface area (Å²) >= 11 is 0. The second-order valence-corrected chi connectivity index (χ2v) is 6.94. The highest BCUT2D eigenvalue weighted by Gasteiger charge is 2.34. The van der Waals surface area contributed by atoms with Crippen molar-refractivity contribution < 1.29 is 19.1 Å². The maximum absolute atomic E-state index is 12.3. The first-order valence-electron chi connectivity index (χ1n) is 9.81. The minimum absolute atomic E-state index is 0.00837. The fraction of sp³-hybridized carbons (Fsp3) is 0.208. The molecule has 2 aromatic carbocycles. The van der Waals surface area contributed by atoms with E-state index in [0.29, 0.717) is 48.2 Å². The predicted molar refractivity (Wildman–Crippen MR) is 112 cm³/mol. The van der Waals surface area contributed by atoms with Crippen LogP contribution in [0.2, 0.25) is 0 Å². The van der Waals surface area contributed by atoms with Crippen molar-refractivity contribution in [3.8, 4) is 17.9 Å². The molecule has 1 heterocycles. The summed E-state index contributed by atoms with van der Waals surface area (Å²) in [6.07, 6.45) is 3.53. The number of ether oxygens (including phenoxy) is 1. The molecule has 2 aromatic rings. The molecule has 0 aromatic heterocycles. The van der Waals surface area contributed by atoms with Gasteiger partial charge in [0, 0.05) is 13.0 Å². The van der Waals surface area contributed by atoms with Crippen LogP contribution in [0.5, 0.6) is 5.75 Å². The van der Waals surface area contributed by atoms with Gasteiger partial charge in [0.05, 0.1) is 11.1 Å². The molecule has 31 heavy (non-hydrogen) atoms. The summed E-state index contributed by atoms with van der Waals surface area (Å²) in [6.45, 7) is 0.323. The molecule has 0 bridgehead atoms. The van der Waals surface area contributed by atoms with Gasteiger partial charge in [-0.2, -0.15) is 10.5 Å². The van der Waals surface area contributed by atoms with Gasteiger partial charge in [0.2, 0.25) is 0 Å². The Labute approximate surface area is 179 Å². The Hall–Kier alpha value is -4.23. The normalized spacial score (nSPS) is 12.0. The Kier molecular flexibility index (Phi) is 6.93. The van der Waals surface area contributed by atoms with E-state index in [1.807, 2.05) is 0 Å². The number of esters is 1. The van der Waals surface area contributed by atoms with Crippen molar-refractivity contribution in [2.45, 2.75) is 25.7 Å². The van der Waals surface area contributed by atoms with Crippen LogP contribution in [0.25, 0.3) is 6.08 Å². The Balaban J connectivity index is 1.39. The number of hydrogen-bond donors (Lipinski definition) is 0. The molecule has 0 N–H and O–H groups in total. The number of benzene rings is 2. The molecule has 0 radical (unpaired) electrons. The molecular formula is C24H19N3O4. The molecule has 0 fully saturated rings. The molecular weight excluding hydrogens is 394 g/mol. The van der Waals surface area contributed by atoms with Crippen molar-refractivity contribution in [3.63, 3.8) is 0 Å². The highest BCUT2D eigenvalue weighted by atomic mass is 16.5. The second-order valence-electron chi connectivity index (χ2n) is 6.94. The van der Waals surface area contributed by atoms with Crippen molar-refractivity contribution in [2.75, 3.05) is 6.54 Å². The van der Waals surface area contributed by atoms with Crippen LogP contribution in [0.1, 0.15) is 52.0 Å². The first-order valence-corrected chi connectivity index (χ1v) is 9.81. The first-order chi connectivity index (χ1) is 15.0. The average molecular weight is 413 g/mol. The van der Waals surface area contributed by atoms with Crippen LogP contribution in [0.4, 0.5) is 0 Å². The highest BCUT2D eigenvalue weighted by Crippen LogP contribution is 2.23. The van der Waals surface area contributed by atoms with Gasteiger partial charge in [-0.05, 0) is 48.7 Å². The number of hydrogen-bond acceptors (Lipinski definition) is 6.